The average Bonchev–Trinajstić information content (AvgIpc) is 2.38. The standard InChI is InChI=1S/C15H14N/c1-2-7-15(13-8-4-3-5-9-13)14-10-6-11-16-12-14/h1-6,8-12,15H,7H2. The molecule has 0 aliphatic carbocycles. The van der Waals surface area contributed by atoms with Crippen molar-refractivity contribution in [2.75, 3.05) is 0 Å². The third kappa shape index (κ3) is 2.37. The summed E-state index contributed by atoms with van der Waals surface area (Å²) in [5.41, 5.74) is 2.48. The number of hydrogen-bond donors (Lipinski definition) is 0. The second kappa shape index (κ2) is 5.26. The maximum atomic E-state index is 5.56. The molecule has 1 heteroatoms. The lowest BCUT2D eigenvalue weighted by atomic mass is 9.90. The maximum Gasteiger partial charge on any atom is 0.0306 e. The number of allylic oxidation sites excluding steroid dienone is 1. The van der Waals surface area contributed by atoms with E-state index in [0.29, 0.717) is 5.92 Å². The summed E-state index contributed by atoms with van der Waals surface area (Å²) in [5, 5.41) is 0. The predicted octanol–water partition coefficient (Wildman–Crippen LogP) is 3.59. The first-order valence-electron chi connectivity index (χ1n) is 5.40. The minimum absolute atomic E-state index is 0.305. The molecule has 0 N–H and O–H groups in total. The zero-order valence-corrected chi connectivity index (χ0v) is 9.08. The van der Waals surface area contributed by atoms with Crippen molar-refractivity contribution in [3.05, 3.63) is 78.6 Å². The summed E-state index contributed by atoms with van der Waals surface area (Å²) in [7, 11) is 0. The van der Waals surface area contributed by atoms with E-state index in [4.69, 9.17) is 6.58 Å². The first-order chi connectivity index (χ1) is 7.92. The lowest BCUT2D eigenvalue weighted by molar-refractivity contribution is 0.823. The van der Waals surface area contributed by atoms with Crippen LogP contribution >= 0.6 is 0 Å². The number of rotatable bonds is 4. The highest BCUT2D eigenvalue weighted by molar-refractivity contribution is 5.31. The summed E-state index contributed by atoms with van der Waals surface area (Å²) in [6.45, 7) is 5.56. The van der Waals surface area contributed by atoms with Crippen LogP contribution in [0.4, 0.5) is 0 Å². The Kier molecular flexibility index (Phi) is 3.50. The molecule has 16 heavy (non-hydrogen) atoms. The fraction of sp³-hybridized carbons (Fsp3) is 0.133. The third-order valence-electron chi connectivity index (χ3n) is 2.66. The number of aromatic nitrogens is 1. The zero-order valence-electron chi connectivity index (χ0n) is 9.08. The third-order valence-corrected chi connectivity index (χ3v) is 2.66. The fourth-order valence-corrected chi connectivity index (χ4v) is 1.87. The summed E-state index contributed by atoms with van der Waals surface area (Å²) in [5.74, 6) is 0.305. The van der Waals surface area contributed by atoms with Gasteiger partial charge in [0.25, 0.3) is 0 Å². The van der Waals surface area contributed by atoms with E-state index >= 15 is 0 Å². The van der Waals surface area contributed by atoms with E-state index in [2.05, 4.69) is 35.3 Å². The molecule has 1 atom stereocenters. The van der Waals surface area contributed by atoms with Crippen LogP contribution in [-0.4, -0.2) is 4.98 Å². The van der Waals surface area contributed by atoms with E-state index in [1.54, 1.807) is 12.3 Å². The molecule has 0 aliphatic heterocycles. The Hall–Kier alpha value is -1.89. The van der Waals surface area contributed by atoms with E-state index in [9.17, 15) is 0 Å². The minimum atomic E-state index is 0.305. The smallest absolute Gasteiger partial charge is 0.0306 e. The van der Waals surface area contributed by atoms with Gasteiger partial charge in [-0.1, -0.05) is 49.1 Å². The largest absolute Gasteiger partial charge is 0.264 e. The molecule has 0 saturated heterocycles. The Morgan fingerprint density at radius 2 is 1.81 bits per heavy atom. The SMILES string of the molecule is [CH]=CCC(c1ccccc1)c1cccnc1. The van der Waals surface area contributed by atoms with Crippen LogP contribution in [0, 0.1) is 6.58 Å². The molecule has 1 aromatic carbocycles. The molecule has 0 saturated carbocycles. The molecule has 1 heterocycles. The Morgan fingerprint density at radius 1 is 1.06 bits per heavy atom. The van der Waals surface area contributed by atoms with Gasteiger partial charge in [-0.3, -0.25) is 4.98 Å². The number of benzene rings is 1. The molecule has 1 aromatic heterocycles. The highest BCUT2D eigenvalue weighted by Gasteiger charge is 2.11. The second-order valence-electron chi connectivity index (χ2n) is 3.72. The van der Waals surface area contributed by atoms with Crippen LogP contribution in [0.1, 0.15) is 23.5 Å². The van der Waals surface area contributed by atoms with E-state index in [0.717, 1.165) is 6.42 Å². The highest BCUT2D eigenvalue weighted by atomic mass is 14.6. The van der Waals surface area contributed by atoms with Crippen LogP contribution in [0.5, 0.6) is 0 Å². The van der Waals surface area contributed by atoms with Crippen molar-refractivity contribution in [2.45, 2.75) is 12.3 Å². The van der Waals surface area contributed by atoms with Gasteiger partial charge in [0.05, 0.1) is 0 Å². The monoisotopic (exact) mass is 208 g/mol. The molecule has 1 unspecified atom stereocenters. The van der Waals surface area contributed by atoms with Gasteiger partial charge in [0, 0.05) is 18.3 Å². The van der Waals surface area contributed by atoms with E-state index in [1.807, 2.05) is 18.3 Å². The molecule has 0 spiro atoms. The molecule has 0 bridgehead atoms. The molecule has 79 valence electrons. The second-order valence-corrected chi connectivity index (χ2v) is 3.72. The summed E-state index contributed by atoms with van der Waals surface area (Å²) in [6, 6.07) is 14.4. The molecule has 0 amide bonds. The van der Waals surface area contributed by atoms with Crippen molar-refractivity contribution in [3.8, 4) is 0 Å². The Bertz CT molecular complexity index is 394. The van der Waals surface area contributed by atoms with Gasteiger partial charge in [-0.05, 0) is 23.6 Å². The van der Waals surface area contributed by atoms with Gasteiger partial charge in [-0.2, -0.15) is 0 Å². The summed E-state index contributed by atoms with van der Waals surface area (Å²) in [6.07, 6.45) is 6.24. The van der Waals surface area contributed by atoms with Crippen LogP contribution in [0.25, 0.3) is 0 Å². The van der Waals surface area contributed by atoms with Crippen LogP contribution in [0.3, 0.4) is 0 Å². The average molecular weight is 208 g/mol. The fourth-order valence-electron chi connectivity index (χ4n) is 1.87. The summed E-state index contributed by atoms with van der Waals surface area (Å²) < 4.78 is 0. The summed E-state index contributed by atoms with van der Waals surface area (Å²) in [4.78, 5) is 4.16. The number of pyridine rings is 1. The van der Waals surface area contributed by atoms with Crippen molar-refractivity contribution < 1.29 is 0 Å². The molecule has 2 rings (SSSR count). The van der Waals surface area contributed by atoms with Gasteiger partial charge in [0.1, 0.15) is 0 Å². The maximum absolute atomic E-state index is 5.56. The normalized spacial score (nSPS) is 12.0. The lowest BCUT2D eigenvalue weighted by Gasteiger charge is -2.15. The van der Waals surface area contributed by atoms with Gasteiger partial charge in [-0.15, -0.1) is 0 Å². The van der Waals surface area contributed by atoms with Crippen LogP contribution in [0.15, 0.2) is 60.9 Å². The van der Waals surface area contributed by atoms with E-state index < -0.39 is 0 Å². The lowest BCUT2D eigenvalue weighted by Crippen LogP contribution is -2.00. The minimum Gasteiger partial charge on any atom is -0.264 e. The van der Waals surface area contributed by atoms with Crippen molar-refractivity contribution in [1.82, 2.24) is 4.98 Å². The molecule has 1 nitrogen and oxygen atoms in total. The van der Waals surface area contributed by atoms with Crippen LogP contribution in [0.2, 0.25) is 0 Å². The van der Waals surface area contributed by atoms with Crippen LogP contribution < -0.4 is 0 Å². The molecule has 0 aliphatic rings. The quantitative estimate of drug-likeness (QED) is 0.748. The van der Waals surface area contributed by atoms with E-state index in [1.165, 1.54) is 11.1 Å². The van der Waals surface area contributed by atoms with E-state index in [-0.39, 0.29) is 0 Å². The predicted molar refractivity (Wildman–Crippen MR) is 66.0 cm³/mol. The highest BCUT2D eigenvalue weighted by Crippen LogP contribution is 2.27. The van der Waals surface area contributed by atoms with Gasteiger partial charge < -0.3 is 0 Å². The first kappa shape index (κ1) is 10.6. The van der Waals surface area contributed by atoms with Crippen molar-refractivity contribution in [2.24, 2.45) is 0 Å². The van der Waals surface area contributed by atoms with Crippen molar-refractivity contribution in [1.29, 1.82) is 0 Å². The van der Waals surface area contributed by atoms with Gasteiger partial charge in [0.2, 0.25) is 0 Å². The van der Waals surface area contributed by atoms with Gasteiger partial charge >= 0.3 is 0 Å². The molecule has 2 aromatic rings. The molecular weight excluding hydrogens is 194 g/mol. The Morgan fingerprint density at radius 3 is 2.44 bits per heavy atom. The zero-order chi connectivity index (χ0) is 11.2. The molecule has 1 radical (unpaired) electrons. The molecular formula is C15H14N. The van der Waals surface area contributed by atoms with Gasteiger partial charge in [-0.25, -0.2) is 0 Å². The number of hydrogen-bond acceptors (Lipinski definition) is 1. The van der Waals surface area contributed by atoms with Crippen LogP contribution in [-0.2, 0) is 0 Å². The molecule has 0 fully saturated rings. The van der Waals surface area contributed by atoms with Gasteiger partial charge in [0.15, 0.2) is 0 Å². The van der Waals surface area contributed by atoms with Crippen molar-refractivity contribution in [3.63, 3.8) is 0 Å². The first-order valence-corrected chi connectivity index (χ1v) is 5.40. The Balaban J connectivity index is 2.35. The number of nitrogens with zero attached hydrogens (tertiary/aromatic N) is 1. The summed E-state index contributed by atoms with van der Waals surface area (Å²) >= 11 is 0. The Labute approximate surface area is 96.5 Å². The van der Waals surface area contributed by atoms with Crippen molar-refractivity contribution >= 4 is 0 Å². The topological polar surface area (TPSA) is 12.9 Å².